The molecule has 1 aromatic rings. The highest BCUT2D eigenvalue weighted by molar-refractivity contribution is 5.76. The zero-order chi connectivity index (χ0) is 13.6. The summed E-state index contributed by atoms with van der Waals surface area (Å²) in [6.07, 6.45) is 2.36. The van der Waals surface area contributed by atoms with Crippen molar-refractivity contribution in [2.24, 2.45) is 0 Å². The number of benzene rings is 1. The lowest BCUT2D eigenvalue weighted by Gasteiger charge is -2.32. The van der Waals surface area contributed by atoms with E-state index in [1.54, 1.807) is 0 Å². The lowest BCUT2D eigenvalue weighted by molar-refractivity contribution is -0.123. The molecule has 0 aliphatic carbocycles. The quantitative estimate of drug-likeness (QED) is 0.841. The predicted molar refractivity (Wildman–Crippen MR) is 72.8 cm³/mol. The highest BCUT2D eigenvalue weighted by Crippen LogP contribution is 2.19. The molecule has 2 N–H and O–H groups in total. The van der Waals surface area contributed by atoms with E-state index in [2.05, 4.69) is 5.32 Å². The van der Waals surface area contributed by atoms with Crippen molar-refractivity contribution in [1.82, 2.24) is 5.32 Å². The third-order valence-electron chi connectivity index (χ3n) is 3.52. The molecule has 1 amide bonds. The minimum atomic E-state index is -0.791. The van der Waals surface area contributed by atoms with Crippen LogP contribution in [0.3, 0.4) is 0 Å². The lowest BCUT2D eigenvalue weighted by atomic mass is 9.94. The van der Waals surface area contributed by atoms with Crippen molar-refractivity contribution in [3.05, 3.63) is 35.9 Å². The Morgan fingerprint density at radius 2 is 1.95 bits per heavy atom. The molecular formula is C15H21NO3. The first-order chi connectivity index (χ1) is 9.18. The van der Waals surface area contributed by atoms with Crippen LogP contribution in [-0.4, -0.2) is 36.4 Å². The number of aliphatic hydroxyl groups is 1. The molecule has 1 saturated heterocycles. The SMILES string of the molecule is O=C(CCc1ccccc1)NCC1(O)CCOCC1. The van der Waals surface area contributed by atoms with Crippen LogP contribution < -0.4 is 5.32 Å². The molecule has 19 heavy (non-hydrogen) atoms. The molecule has 0 radical (unpaired) electrons. The Balaban J connectivity index is 1.70. The van der Waals surface area contributed by atoms with Gasteiger partial charge in [-0.25, -0.2) is 0 Å². The summed E-state index contributed by atoms with van der Waals surface area (Å²) in [6.45, 7) is 1.46. The number of carbonyl (C=O) groups is 1. The molecule has 1 heterocycles. The van der Waals surface area contributed by atoms with Crippen LogP contribution >= 0.6 is 0 Å². The van der Waals surface area contributed by atoms with Gasteiger partial charge in [-0.05, 0) is 12.0 Å². The average molecular weight is 263 g/mol. The highest BCUT2D eigenvalue weighted by Gasteiger charge is 2.29. The van der Waals surface area contributed by atoms with Crippen molar-refractivity contribution >= 4 is 5.91 Å². The van der Waals surface area contributed by atoms with Crippen LogP contribution in [0.15, 0.2) is 30.3 Å². The standard InChI is InChI=1S/C15H21NO3/c17-14(7-6-13-4-2-1-3-5-13)16-12-15(18)8-10-19-11-9-15/h1-5,18H,6-12H2,(H,16,17). The number of hydrogen-bond acceptors (Lipinski definition) is 3. The van der Waals surface area contributed by atoms with E-state index in [0.717, 1.165) is 12.0 Å². The smallest absolute Gasteiger partial charge is 0.220 e. The zero-order valence-corrected chi connectivity index (χ0v) is 11.1. The van der Waals surface area contributed by atoms with Gasteiger partial charge in [-0.2, -0.15) is 0 Å². The van der Waals surface area contributed by atoms with Crippen LogP contribution in [0.5, 0.6) is 0 Å². The molecule has 0 atom stereocenters. The molecule has 0 unspecified atom stereocenters. The van der Waals surface area contributed by atoms with Gasteiger partial charge in [0.1, 0.15) is 0 Å². The van der Waals surface area contributed by atoms with Crippen LogP contribution in [0.25, 0.3) is 0 Å². The van der Waals surface area contributed by atoms with Crippen molar-refractivity contribution in [2.45, 2.75) is 31.3 Å². The molecule has 1 aliphatic heterocycles. The molecule has 0 saturated carbocycles. The van der Waals surface area contributed by atoms with E-state index >= 15 is 0 Å². The Labute approximate surface area is 113 Å². The Morgan fingerprint density at radius 1 is 1.26 bits per heavy atom. The molecule has 1 aromatic carbocycles. The summed E-state index contributed by atoms with van der Waals surface area (Å²) < 4.78 is 5.20. The summed E-state index contributed by atoms with van der Waals surface area (Å²) in [5, 5.41) is 13.0. The van der Waals surface area contributed by atoms with E-state index in [1.807, 2.05) is 30.3 Å². The number of nitrogens with one attached hydrogen (secondary N) is 1. The molecule has 0 aromatic heterocycles. The van der Waals surface area contributed by atoms with E-state index in [-0.39, 0.29) is 5.91 Å². The number of rotatable bonds is 5. The second kappa shape index (κ2) is 6.68. The normalized spacial score (nSPS) is 17.9. The molecule has 1 aliphatic rings. The first kappa shape index (κ1) is 14.0. The second-order valence-corrected chi connectivity index (χ2v) is 5.10. The molecule has 1 fully saturated rings. The zero-order valence-electron chi connectivity index (χ0n) is 11.1. The van der Waals surface area contributed by atoms with E-state index in [0.29, 0.717) is 39.0 Å². The van der Waals surface area contributed by atoms with Gasteiger partial charge in [0.25, 0.3) is 0 Å². The maximum atomic E-state index is 11.7. The number of hydrogen-bond donors (Lipinski definition) is 2. The predicted octanol–water partition coefficient (Wildman–Crippen LogP) is 1.28. The van der Waals surface area contributed by atoms with Crippen molar-refractivity contribution in [2.75, 3.05) is 19.8 Å². The minimum Gasteiger partial charge on any atom is -0.388 e. The topological polar surface area (TPSA) is 58.6 Å². The van der Waals surface area contributed by atoms with Gasteiger partial charge in [0, 0.05) is 39.0 Å². The van der Waals surface area contributed by atoms with Gasteiger partial charge >= 0.3 is 0 Å². The summed E-state index contributed by atoms with van der Waals surface area (Å²) in [4.78, 5) is 11.7. The number of carbonyl (C=O) groups excluding carboxylic acids is 1. The minimum absolute atomic E-state index is 0.0104. The van der Waals surface area contributed by atoms with E-state index in [9.17, 15) is 9.90 Å². The summed E-state index contributed by atoms with van der Waals surface area (Å²) in [7, 11) is 0. The first-order valence-corrected chi connectivity index (χ1v) is 6.79. The number of ether oxygens (including phenoxy) is 1. The maximum absolute atomic E-state index is 11.7. The molecule has 104 valence electrons. The summed E-state index contributed by atoms with van der Waals surface area (Å²) in [5.74, 6) is -0.0104. The van der Waals surface area contributed by atoms with Crippen molar-refractivity contribution in [3.8, 4) is 0 Å². The van der Waals surface area contributed by atoms with E-state index in [1.165, 1.54) is 0 Å². The van der Waals surface area contributed by atoms with Crippen LogP contribution in [0, 0.1) is 0 Å². The molecule has 2 rings (SSSR count). The molecular weight excluding hydrogens is 242 g/mol. The molecule has 4 nitrogen and oxygen atoms in total. The van der Waals surface area contributed by atoms with E-state index < -0.39 is 5.60 Å². The van der Waals surface area contributed by atoms with Gasteiger partial charge in [-0.3, -0.25) is 4.79 Å². The number of aryl methyl sites for hydroxylation is 1. The van der Waals surface area contributed by atoms with Crippen LogP contribution in [0.2, 0.25) is 0 Å². The highest BCUT2D eigenvalue weighted by atomic mass is 16.5. The van der Waals surface area contributed by atoms with Crippen molar-refractivity contribution < 1.29 is 14.6 Å². The van der Waals surface area contributed by atoms with Crippen molar-refractivity contribution in [3.63, 3.8) is 0 Å². The Hall–Kier alpha value is -1.39. The fourth-order valence-corrected chi connectivity index (χ4v) is 2.18. The second-order valence-electron chi connectivity index (χ2n) is 5.10. The fraction of sp³-hybridized carbons (Fsp3) is 0.533. The summed E-state index contributed by atoms with van der Waals surface area (Å²) >= 11 is 0. The third kappa shape index (κ3) is 4.65. The van der Waals surface area contributed by atoms with Gasteiger partial charge < -0.3 is 15.2 Å². The van der Waals surface area contributed by atoms with Gasteiger partial charge in [0.2, 0.25) is 5.91 Å². The van der Waals surface area contributed by atoms with Crippen molar-refractivity contribution in [1.29, 1.82) is 0 Å². The van der Waals surface area contributed by atoms with Gasteiger partial charge in [0.15, 0.2) is 0 Å². The van der Waals surface area contributed by atoms with Gasteiger partial charge in [-0.1, -0.05) is 30.3 Å². The molecule has 0 bridgehead atoms. The monoisotopic (exact) mass is 263 g/mol. The first-order valence-electron chi connectivity index (χ1n) is 6.79. The van der Waals surface area contributed by atoms with Crippen LogP contribution in [0.1, 0.15) is 24.8 Å². The third-order valence-corrected chi connectivity index (χ3v) is 3.52. The summed E-state index contributed by atoms with van der Waals surface area (Å²) in [6, 6.07) is 9.93. The lowest BCUT2D eigenvalue weighted by Crippen LogP contribution is -2.46. The van der Waals surface area contributed by atoms with Crippen LogP contribution in [0.4, 0.5) is 0 Å². The molecule has 4 heteroatoms. The van der Waals surface area contributed by atoms with Gasteiger partial charge in [0.05, 0.1) is 5.60 Å². The summed E-state index contributed by atoms with van der Waals surface area (Å²) in [5.41, 5.74) is 0.364. The Morgan fingerprint density at radius 3 is 2.63 bits per heavy atom. The van der Waals surface area contributed by atoms with E-state index in [4.69, 9.17) is 4.74 Å². The van der Waals surface area contributed by atoms with Crippen LogP contribution in [-0.2, 0) is 16.0 Å². The molecule has 0 spiro atoms. The number of amides is 1. The fourth-order valence-electron chi connectivity index (χ4n) is 2.18. The van der Waals surface area contributed by atoms with Gasteiger partial charge in [-0.15, -0.1) is 0 Å². The average Bonchev–Trinajstić information content (AvgIpc) is 2.45. The largest absolute Gasteiger partial charge is 0.388 e. The Bertz CT molecular complexity index is 399. The Kier molecular flexibility index (Phi) is 4.93. The maximum Gasteiger partial charge on any atom is 0.220 e.